The van der Waals surface area contributed by atoms with E-state index in [1.165, 1.54) is 54.5 Å². The largest absolute Gasteiger partial charge is 0.329 e. The third kappa shape index (κ3) is 3.42. The third-order valence-corrected chi connectivity index (χ3v) is 4.48. The number of unbranched alkanes of at least 4 members (excludes halogenated alkanes) is 1. The van der Waals surface area contributed by atoms with E-state index in [2.05, 4.69) is 44.7 Å². The molecule has 0 amide bonds. The van der Waals surface area contributed by atoms with Gasteiger partial charge in [0.05, 0.1) is 0 Å². The zero-order valence-corrected chi connectivity index (χ0v) is 13.6. The van der Waals surface area contributed by atoms with E-state index in [0.717, 1.165) is 12.6 Å². The number of hydrogen-bond acceptors (Lipinski definition) is 2. The van der Waals surface area contributed by atoms with E-state index >= 15 is 0 Å². The highest BCUT2D eigenvalue weighted by Crippen LogP contribution is 2.36. The van der Waals surface area contributed by atoms with Crippen molar-refractivity contribution in [3.05, 3.63) is 34.4 Å². The van der Waals surface area contributed by atoms with Gasteiger partial charge < -0.3 is 5.73 Å². The van der Waals surface area contributed by atoms with Crippen molar-refractivity contribution in [1.82, 2.24) is 4.90 Å². The first-order chi connectivity index (χ1) is 9.58. The molecule has 0 spiro atoms. The van der Waals surface area contributed by atoms with Crippen molar-refractivity contribution >= 4 is 0 Å². The Kier molecular flexibility index (Phi) is 5.22. The van der Waals surface area contributed by atoms with Crippen LogP contribution in [0.15, 0.2) is 12.1 Å². The van der Waals surface area contributed by atoms with Crippen molar-refractivity contribution in [2.24, 2.45) is 5.73 Å². The van der Waals surface area contributed by atoms with Crippen LogP contribution in [0.2, 0.25) is 0 Å². The van der Waals surface area contributed by atoms with Gasteiger partial charge in [-0.1, -0.05) is 31.0 Å². The second-order valence-corrected chi connectivity index (χ2v) is 6.39. The number of rotatable bonds is 7. The summed E-state index contributed by atoms with van der Waals surface area (Å²) in [4.78, 5) is 2.67. The monoisotopic (exact) mass is 274 g/mol. The minimum absolute atomic E-state index is 0.398. The quantitative estimate of drug-likeness (QED) is 0.817. The Morgan fingerprint density at radius 2 is 1.80 bits per heavy atom. The van der Waals surface area contributed by atoms with Crippen molar-refractivity contribution in [3.63, 3.8) is 0 Å². The molecule has 0 saturated heterocycles. The van der Waals surface area contributed by atoms with Crippen LogP contribution in [0.25, 0.3) is 0 Å². The summed E-state index contributed by atoms with van der Waals surface area (Å²) in [6.45, 7) is 10.8. The Hall–Kier alpha value is -0.860. The second-order valence-electron chi connectivity index (χ2n) is 6.39. The maximum atomic E-state index is 6.18. The molecule has 1 unspecified atom stereocenters. The van der Waals surface area contributed by atoms with Crippen LogP contribution < -0.4 is 5.73 Å². The van der Waals surface area contributed by atoms with Gasteiger partial charge in [-0.3, -0.25) is 4.90 Å². The molecule has 1 aromatic carbocycles. The van der Waals surface area contributed by atoms with Gasteiger partial charge in [0.15, 0.2) is 0 Å². The molecule has 0 radical (unpaired) electrons. The Balaban J connectivity index is 2.30. The lowest BCUT2D eigenvalue weighted by atomic mass is 9.92. The van der Waals surface area contributed by atoms with Crippen molar-refractivity contribution in [2.75, 3.05) is 13.1 Å². The Bertz CT molecular complexity index is 426. The smallest absolute Gasteiger partial charge is 0.0478 e. The maximum Gasteiger partial charge on any atom is 0.0478 e. The van der Waals surface area contributed by atoms with E-state index < -0.39 is 0 Å². The van der Waals surface area contributed by atoms with Crippen molar-refractivity contribution in [1.29, 1.82) is 0 Å². The zero-order valence-electron chi connectivity index (χ0n) is 13.6. The zero-order chi connectivity index (χ0) is 14.7. The molecule has 2 nitrogen and oxygen atoms in total. The van der Waals surface area contributed by atoms with E-state index in [-0.39, 0.29) is 0 Å². The lowest BCUT2D eigenvalue weighted by Gasteiger charge is -2.33. The lowest BCUT2D eigenvalue weighted by Crippen LogP contribution is -2.37. The molecule has 1 saturated carbocycles. The molecule has 2 rings (SSSR count). The minimum atomic E-state index is 0.398. The summed E-state index contributed by atoms with van der Waals surface area (Å²) in [5.74, 6) is 0. The van der Waals surface area contributed by atoms with Crippen LogP contribution in [-0.4, -0.2) is 24.0 Å². The Morgan fingerprint density at radius 1 is 1.20 bits per heavy atom. The van der Waals surface area contributed by atoms with E-state index in [1.807, 2.05) is 0 Å². The molecule has 0 aromatic heterocycles. The van der Waals surface area contributed by atoms with Crippen LogP contribution in [0.3, 0.4) is 0 Å². The minimum Gasteiger partial charge on any atom is -0.329 e. The van der Waals surface area contributed by atoms with E-state index in [9.17, 15) is 0 Å². The summed E-state index contributed by atoms with van der Waals surface area (Å²) in [7, 11) is 0. The van der Waals surface area contributed by atoms with E-state index in [4.69, 9.17) is 5.73 Å². The predicted molar refractivity (Wildman–Crippen MR) is 87.1 cm³/mol. The molecule has 1 fully saturated rings. The average molecular weight is 274 g/mol. The van der Waals surface area contributed by atoms with Crippen LogP contribution in [0.4, 0.5) is 0 Å². The van der Waals surface area contributed by atoms with Crippen LogP contribution in [0, 0.1) is 20.8 Å². The first kappa shape index (κ1) is 15.5. The summed E-state index contributed by atoms with van der Waals surface area (Å²) >= 11 is 0. The van der Waals surface area contributed by atoms with Crippen LogP contribution in [0.5, 0.6) is 0 Å². The maximum absolute atomic E-state index is 6.18. The molecule has 0 aliphatic heterocycles. The van der Waals surface area contributed by atoms with Crippen molar-refractivity contribution in [3.8, 4) is 0 Å². The first-order valence-electron chi connectivity index (χ1n) is 8.12. The highest BCUT2D eigenvalue weighted by Gasteiger charge is 2.34. The lowest BCUT2D eigenvalue weighted by molar-refractivity contribution is 0.187. The molecule has 0 bridgehead atoms. The Labute approximate surface area is 124 Å². The number of nitrogens with zero attached hydrogens (tertiary/aromatic N) is 1. The van der Waals surface area contributed by atoms with Gasteiger partial charge in [0.1, 0.15) is 0 Å². The highest BCUT2D eigenvalue weighted by atomic mass is 15.2. The van der Waals surface area contributed by atoms with Crippen molar-refractivity contribution < 1.29 is 0 Å². The van der Waals surface area contributed by atoms with Gasteiger partial charge in [0.2, 0.25) is 0 Å². The van der Waals surface area contributed by atoms with Gasteiger partial charge in [-0.2, -0.15) is 0 Å². The van der Waals surface area contributed by atoms with E-state index in [0.29, 0.717) is 6.04 Å². The van der Waals surface area contributed by atoms with Gasteiger partial charge in [0, 0.05) is 18.6 Å². The van der Waals surface area contributed by atoms with Gasteiger partial charge in [-0.25, -0.2) is 0 Å². The second kappa shape index (κ2) is 6.73. The normalized spacial score (nSPS) is 16.7. The Morgan fingerprint density at radius 3 is 2.25 bits per heavy atom. The van der Waals surface area contributed by atoms with Gasteiger partial charge in [-0.05, 0) is 63.3 Å². The molecule has 112 valence electrons. The number of hydrogen-bond donors (Lipinski definition) is 1. The molecular weight excluding hydrogens is 244 g/mol. The molecule has 2 heteroatoms. The molecule has 0 heterocycles. The van der Waals surface area contributed by atoms with Crippen LogP contribution in [0.1, 0.15) is 60.9 Å². The molecule has 1 aliphatic rings. The molecular formula is C18H30N2. The number of benzene rings is 1. The predicted octanol–water partition coefficient (Wildman–Crippen LogP) is 3.88. The summed E-state index contributed by atoms with van der Waals surface area (Å²) in [6, 6.07) is 5.77. The summed E-state index contributed by atoms with van der Waals surface area (Å²) in [6.07, 6.45) is 5.23. The van der Waals surface area contributed by atoms with Crippen LogP contribution in [-0.2, 0) is 0 Å². The van der Waals surface area contributed by atoms with Gasteiger partial charge in [-0.15, -0.1) is 0 Å². The van der Waals surface area contributed by atoms with Gasteiger partial charge in [0.25, 0.3) is 0 Å². The average Bonchev–Trinajstić information content (AvgIpc) is 3.20. The van der Waals surface area contributed by atoms with E-state index in [1.54, 1.807) is 0 Å². The first-order valence-corrected chi connectivity index (χ1v) is 8.12. The van der Waals surface area contributed by atoms with Crippen LogP contribution >= 0.6 is 0 Å². The number of nitrogens with two attached hydrogens (primary N) is 1. The number of aryl methyl sites for hydroxylation is 3. The fraction of sp³-hybridized carbons (Fsp3) is 0.667. The van der Waals surface area contributed by atoms with Crippen molar-refractivity contribution in [2.45, 2.75) is 65.5 Å². The van der Waals surface area contributed by atoms with Gasteiger partial charge >= 0.3 is 0 Å². The fourth-order valence-electron chi connectivity index (χ4n) is 3.48. The summed E-state index contributed by atoms with van der Waals surface area (Å²) in [5.41, 5.74) is 11.8. The highest BCUT2D eigenvalue weighted by molar-refractivity contribution is 5.40. The summed E-state index contributed by atoms with van der Waals surface area (Å²) < 4.78 is 0. The molecule has 20 heavy (non-hydrogen) atoms. The fourth-order valence-corrected chi connectivity index (χ4v) is 3.48. The topological polar surface area (TPSA) is 29.3 Å². The standard InChI is InChI=1S/C18H30N2/c1-5-6-9-20(16-7-8-16)17(12-19)18-14(3)10-13(2)11-15(18)4/h10-11,16-17H,5-9,12,19H2,1-4H3. The molecule has 2 N–H and O–H groups in total. The molecule has 1 aliphatic carbocycles. The SMILES string of the molecule is CCCCN(C1CC1)C(CN)c1c(C)cc(C)cc1C. The molecule has 1 atom stereocenters. The third-order valence-electron chi connectivity index (χ3n) is 4.48. The molecule has 1 aromatic rings. The summed E-state index contributed by atoms with van der Waals surface area (Å²) in [5, 5.41) is 0.